The number of piperazine rings is 1. The third-order valence-electron chi connectivity index (χ3n) is 6.29. The van der Waals surface area contributed by atoms with Crippen molar-refractivity contribution < 1.29 is 18.5 Å². The minimum Gasteiger partial charge on any atom is -0.351 e. The van der Waals surface area contributed by atoms with Gasteiger partial charge < -0.3 is 19.6 Å². The van der Waals surface area contributed by atoms with E-state index >= 15 is 0 Å². The summed E-state index contributed by atoms with van der Waals surface area (Å²) in [6, 6.07) is 12.9. The van der Waals surface area contributed by atoms with Crippen molar-refractivity contribution in [1.82, 2.24) is 30.2 Å². The first-order chi connectivity index (χ1) is 17.4. The summed E-state index contributed by atoms with van der Waals surface area (Å²) in [5.74, 6) is -0.318. The van der Waals surface area contributed by atoms with Gasteiger partial charge >= 0.3 is 0 Å². The maximum Gasteiger partial charge on any atom is 0.257 e. The molecule has 1 N–H and O–H groups in total. The number of nitrogens with one attached hydrogen (secondary N) is 1. The van der Waals surface area contributed by atoms with Gasteiger partial charge in [0.05, 0.1) is 5.56 Å². The predicted molar refractivity (Wildman–Crippen MR) is 133 cm³/mol. The van der Waals surface area contributed by atoms with Crippen LogP contribution in [0, 0.1) is 5.82 Å². The van der Waals surface area contributed by atoms with E-state index in [0.717, 1.165) is 32.7 Å². The van der Waals surface area contributed by atoms with Crippen LogP contribution in [0.25, 0.3) is 11.5 Å². The van der Waals surface area contributed by atoms with E-state index in [1.54, 1.807) is 43.4 Å². The van der Waals surface area contributed by atoms with Gasteiger partial charge in [0.15, 0.2) is 5.82 Å². The molecule has 36 heavy (non-hydrogen) atoms. The van der Waals surface area contributed by atoms with Gasteiger partial charge in [-0.1, -0.05) is 17.3 Å². The molecule has 190 valence electrons. The molecule has 0 aliphatic carbocycles. The van der Waals surface area contributed by atoms with Gasteiger partial charge in [0.1, 0.15) is 5.82 Å². The Balaban J connectivity index is 1.25. The van der Waals surface area contributed by atoms with Crippen LogP contribution in [-0.4, -0.2) is 96.6 Å². The Labute approximate surface area is 209 Å². The summed E-state index contributed by atoms with van der Waals surface area (Å²) in [5, 5.41) is 6.95. The molecular formula is C26H31FN6O3. The van der Waals surface area contributed by atoms with Crippen molar-refractivity contribution in [3.8, 4) is 11.5 Å². The van der Waals surface area contributed by atoms with Crippen LogP contribution >= 0.6 is 0 Å². The second-order valence-corrected chi connectivity index (χ2v) is 8.95. The molecule has 2 aromatic carbocycles. The highest BCUT2D eigenvalue weighted by Gasteiger charge is 2.17. The van der Waals surface area contributed by atoms with Crippen LogP contribution in [0.2, 0.25) is 0 Å². The largest absolute Gasteiger partial charge is 0.351 e. The average Bonchev–Trinajstić information content (AvgIpc) is 3.37. The normalized spacial score (nSPS) is 14.5. The topological polar surface area (TPSA) is 94.8 Å². The van der Waals surface area contributed by atoms with Crippen molar-refractivity contribution in [1.29, 1.82) is 0 Å². The molecular weight excluding hydrogens is 463 g/mol. The molecule has 1 aliphatic heterocycles. The summed E-state index contributed by atoms with van der Waals surface area (Å²) in [6.07, 6.45) is 0.355. The number of carbonyl (C=O) groups excluding carboxylic acids is 2. The Kier molecular flexibility index (Phi) is 8.40. The number of likely N-dealkylation sites (N-methyl/N-ethyl adjacent to an activating group) is 2. The first kappa shape index (κ1) is 25.5. The summed E-state index contributed by atoms with van der Waals surface area (Å²) < 4.78 is 19.2. The fourth-order valence-corrected chi connectivity index (χ4v) is 3.95. The Bertz CT molecular complexity index is 1170. The highest BCUT2D eigenvalue weighted by Crippen LogP contribution is 2.18. The van der Waals surface area contributed by atoms with Crippen LogP contribution in [0.15, 0.2) is 53.1 Å². The molecule has 3 aromatic rings. The molecule has 1 aliphatic rings. The summed E-state index contributed by atoms with van der Waals surface area (Å²) in [7, 11) is 3.72. The van der Waals surface area contributed by atoms with E-state index in [4.69, 9.17) is 4.52 Å². The van der Waals surface area contributed by atoms with Gasteiger partial charge in [-0.3, -0.25) is 14.5 Å². The zero-order valence-corrected chi connectivity index (χ0v) is 20.6. The second kappa shape index (κ2) is 11.9. The maximum absolute atomic E-state index is 13.9. The predicted octanol–water partition coefficient (Wildman–Crippen LogP) is 2.17. The van der Waals surface area contributed by atoms with Crippen molar-refractivity contribution >= 4 is 11.8 Å². The van der Waals surface area contributed by atoms with E-state index < -0.39 is 11.7 Å². The number of benzene rings is 2. The molecule has 0 unspecified atom stereocenters. The van der Waals surface area contributed by atoms with Crippen LogP contribution in [0.5, 0.6) is 0 Å². The fourth-order valence-electron chi connectivity index (χ4n) is 3.95. The monoisotopic (exact) mass is 494 g/mol. The Morgan fingerprint density at radius 1 is 1.08 bits per heavy atom. The smallest absolute Gasteiger partial charge is 0.257 e. The highest BCUT2D eigenvalue weighted by atomic mass is 19.1. The van der Waals surface area contributed by atoms with E-state index in [-0.39, 0.29) is 11.5 Å². The van der Waals surface area contributed by atoms with Crippen LogP contribution in [0.3, 0.4) is 0 Å². The first-order valence-corrected chi connectivity index (χ1v) is 12.0. The summed E-state index contributed by atoms with van der Waals surface area (Å²) in [6.45, 7) is 5.88. The summed E-state index contributed by atoms with van der Waals surface area (Å²) in [4.78, 5) is 35.4. The summed E-state index contributed by atoms with van der Waals surface area (Å²) >= 11 is 0. The molecule has 9 nitrogen and oxygen atoms in total. The lowest BCUT2D eigenvalue weighted by Gasteiger charge is -2.32. The minimum atomic E-state index is -0.552. The van der Waals surface area contributed by atoms with Crippen molar-refractivity contribution in [3.63, 3.8) is 0 Å². The molecule has 0 atom stereocenters. The number of aromatic nitrogens is 2. The second-order valence-electron chi connectivity index (χ2n) is 8.95. The number of rotatable bonds is 9. The van der Waals surface area contributed by atoms with Gasteiger partial charge in [-0.05, 0) is 43.4 Å². The molecule has 2 heterocycles. The highest BCUT2D eigenvalue weighted by molar-refractivity contribution is 5.95. The molecule has 4 rings (SSSR count). The number of amides is 2. The lowest BCUT2D eigenvalue weighted by atomic mass is 10.1. The number of hydrogen-bond acceptors (Lipinski definition) is 7. The zero-order chi connectivity index (χ0) is 25.5. The average molecular weight is 495 g/mol. The lowest BCUT2D eigenvalue weighted by molar-refractivity contribution is 0.0790. The molecule has 0 saturated carbocycles. The van der Waals surface area contributed by atoms with Crippen LogP contribution in [0.1, 0.15) is 26.5 Å². The first-order valence-electron chi connectivity index (χ1n) is 12.0. The molecule has 0 radical (unpaired) electrons. The molecule has 0 bridgehead atoms. The maximum atomic E-state index is 13.9. The third-order valence-corrected chi connectivity index (χ3v) is 6.29. The number of carbonyl (C=O) groups is 2. The molecule has 1 fully saturated rings. The van der Waals surface area contributed by atoms with Gasteiger partial charge in [-0.15, -0.1) is 0 Å². The Morgan fingerprint density at radius 2 is 1.81 bits per heavy atom. The Morgan fingerprint density at radius 3 is 2.53 bits per heavy atom. The molecule has 1 saturated heterocycles. The molecule has 1 aromatic heterocycles. The standard InChI is InChI=1S/C26H31FN6O3/c1-31-15-17-33(18-16-31)14-12-28-24(34)19-7-9-20(10-8-19)25-29-23(30-36-25)11-13-32(2)26(35)21-5-3-4-6-22(21)27/h3-10H,11-18H2,1-2H3,(H,28,34). The minimum absolute atomic E-state index is 0.0252. The molecule has 0 spiro atoms. The van der Waals surface area contributed by atoms with Gasteiger partial charge in [-0.25, -0.2) is 4.39 Å². The van der Waals surface area contributed by atoms with Gasteiger partial charge in [0.2, 0.25) is 0 Å². The number of halogens is 1. The van der Waals surface area contributed by atoms with E-state index in [9.17, 15) is 14.0 Å². The zero-order valence-electron chi connectivity index (χ0n) is 20.6. The van der Waals surface area contributed by atoms with E-state index in [2.05, 4.69) is 32.3 Å². The quantitative estimate of drug-likeness (QED) is 0.487. The molecule has 2 amide bonds. The van der Waals surface area contributed by atoms with Crippen molar-refractivity contribution in [2.24, 2.45) is 0 Å². The molecule has 10 heteroatoms. The van der Waals surface area contributed by atoms with Crippen LogP contribution < -0.4 is 5.32 Å². The number of hydrogen-bond donors (Lipinski definition) is 1. The van der Waals surface area contributed by atoms with Crippen LogP contribution in [-0.2, 0) is 6.42 Å². The van der Waals surface area contributed by atoms with E-state index in [0.29, 0.717) is 42.4 Å². The van der Waals surface area contributed by atoms with Crippen molar-refractivity contribution in [3.05, 3.63) is 71.3 Å². The van der Waals surface area contributed by atoms with Crippen molar-refractivity contribution in [2.45, 2.75) is 6.42 Å². The number of nitrogens with zero attached hydrogens (tertiary/aromatic N) is 5. The summed E-state index contributed by atoms with van der Waals surface area (Å²) in [5.41, 5.74) is 1.28. The Hall–Kier alpha value is -3.63. The van der Waals surface area contributed by atoms with Gasteiger partial charge in [0.25, 0.3) is 17.7 Å². The third kappa shape index (κ3) is 6.52. The van der Waals surface area contributed by atoms with Crippen molar-refractivity contribution in [2.75, 3.05) is 59.9 Å². The SMILES string of the molecule is CN1CCN(CCNC(=O)c2ccc(-c3nc(CCN(C)C(=O)c4ccccc4F)no3)cc2)CC1. The fraction of sp³-hybridized carbons (Fsp3) is 0.385. The lowest BCUT2D eigenvalue weighted by Crippen LogP contribution is -2.46. The van der Waals surface area contributed by atoms with E-state index in [1.807, 2.05) is 0 Å². The van der Waals surface area contributed by atoms with Gasteiger partial charge in [0, 0.05) is 70.4 Å². The van der Waals surface area contributed by atoms with E-state index in [1.165, 1.54) is 17.0 Å². The van der Waals surface area contributed by atoms with Gasteiger partial charge in [-0.2, -0.15) is 4.98 Å². The van der Waals surface area contributed by atoms with Crippen LogP contribution in [0.4, 0.5) is 4.39 Å².